The van der Waals surface area contributed by atoms with Crippen LogP contribution >= 0.6 is 0 Å². The minimum Gasteiger partial charge on any atom is -0.452 e. The lowest BCUT2D eigenvalue weighted by Gasteiger charge is -1.47. The van der Waals surface area contributed by atoms with E-state index < -0.39 is 0 Å². The Morgan fingerprint density at radius 3 is 2.40 bits per heavy atom. The van der Waals surface area contributed by atoms with E-state index in [9.17, 15) is 0 Å². The largest absolute Gasteiger partial charge is 0.452 e. The molecular weight excluding hydrogens is 130 g/mol. The van der Waals surface area contributed by atoms with Crippen molar-refractivity contribution in [1.29, 1.82) is 0 Å². The van der Waals surface area contributed by atoms with Crippen molar-refractivity contribution in [3.8, 4) is 0 Å². The highest BCUT2D eigenvalue weighted by molar-refractivity contribution is 4.64. The van der Waals surface area contributed by atoms with Gasteiger partial charge in [-0.2, -0.15) is 0 Å². The Bertz CT molecular complexity index is 152. The molecule has 0 aliphatic rings. The molecule has 2 heterocycles. The predicted molar refractivity (Wildman–Crippen MR) is 35.1 cm³/mol. The van der Waals surface area contributed by atoms with Crippen LogP contribution in [0.25, 0.3) is 0 Å². The number of rotatable bonds is 0. The quantitative estimate of drug-likeness (QED) is 0.591. The van der Waals surface area contributed by atoms with Crippen molar-refractivity contribution in [2.24, 2.45) is 0 Å². The molecule has 0 aromatic carbocycles. The van der Waals surface area contributed by atoms with Crippen LogP contribution in [0.2, 0.25) is 0 Å². The highest BCUT2D eigenvalue weighted by Crippen LogP contribution is 1.72. The second kappa shape index (κ2) is 4.31. The third-order valence-electron chi connectivity index (χ3n) is 0.753. The van der Waals surface area contributed by atoms with E-state index >= 15 is 0 Å². The molecule has 0 bridgehead atoms. The van der Waals surface area contributed by atoms with Crippen molar-refractivity contribution in [1.82, 2.24) is 15.0 Å². The first-order valence-electron chi connectivity index (χ1n) is 2.75. The Morgan fingerprint density at radius 1 is 1.20 bits per heavy atom. The first kappa shape index (κ1) is 6.54. The Balaban J connectivity index is 0.0000001000. The minimum absolute atomic E-state index is 1.38. The SMILES string of the molecule is c1c[nH]cn1.c1cocn1. The maximum absolute atomic E-state index is 4.47. The Hall–Kier alpha value is -1.58. The number of hydrogen-bond donors (Lipinski definition) is 1. The molecule has 2 rings (SSSR count). The summed E-state index contributed by atoms with van der Waals surface area (Å²) in [4.78, 5) is 9.97. The summed E-state index contributed by atoms with van der Waals surface area (Å²) in [6.07, 6.45) is 9.56. The maximum Gasteiger partial charge on any atom is 0.180 e. The van der Waals surface area contributed by atoms with Crippen molar-refractivity contribution in [3.05, 3.63) is 37.6 Å². The zero-order chi connectivity index (χ0) is 7.07. The second-order valence-corrected chi connectivity index (χ2v) is 1.44. The second-order valence-electron chi connectivity index (χ2n) is 1.44. The van der Waals surface area contributed by atoms with Crippen LogP contribution in [0.5, 0.6) is 0 Å². The molecule has 0 spiro atoms. The fourth-order valence-corrected chi connectivity index (χ4v) is 0.391. The molecule has 2 aromatic heterocycles. The van der Waals surface area contributed by atoms with Gasteiger partial charge in [-0.05, 0) is 0 Å². The Kier molecular flexibility index (Phi) is 2.82. The molecule has 0 saturated heterocycles. The van der Waals surface area contributed by atoms with Gasteiger partial charge < -0.3 is 9.40 Å². The summed E-state index contributed by atoms with van der Waals surface area (Å²) >= 11 is 0. The van der Waals surface area contributed by atoms with Gasteiger partial charge in [-0.25, -0.2) is 9.97 Å². The van der Waals surface area contributed by atoms with Crippen molar-refractivity contribution in [2.45, 2.75) is 0 Å². The van der Waals surface area contributed by atoms with Crippen molar-refractivity contribution >= 4 is 0 Å². The lowest BCUT2D eigenvalue weighted by atomic mass is 11.0. The summed E-state index contributed by atoms with van der Waals surface area (Å²) in [5, 5.41) is 0. The molecule has 2 aromatic rings. The van der Waals surface area contributed by atoms with Crippen LogP contribution in [0, 0.1) is 0 Å². The van der Waals surface area contributed by atoms with E-state index in [0.717, 1.165) is 0 Å². The minimum atomic E-state index is 1.38. The molecule has 0 amide bonds. The van der Waals surface area contributed by atoms with Gasteiger partial charge in [-0.3, -0.25) is 0 Å². The van der Waals surface area contributed by atoms with Crippen LogP contribution in [0.4, 0.5) is 0 Å². The van der Waals surface area contributed by atoms with Crippen LogP contribution in [-0.4, -0.2) is 15.0 Å². The topological polar surface area (TPSA) is 54.7 Å². The molecule has 0 atom stereocenters. The Morgan fingerprint density at radius 2 is 2.20 bits per heavy atom. The average Bonchev–Trinajstić information content (AvgIpc) is 2.67. The predicted octanol–water partition coefficient (Wildman–Crippen LogP) is 1.08. The van der Waals surface area contributed by atoms with Crippen molar-refractivity contribution in [3.63, 3.8) is 0 Å². The molecule has 0 saturated carbocycles. The molecule has 52 valence electrons. The molecule has 0 aliphatic carbocycles. The van der Waals surface area contributed by atoms with E-state index in [1.54, 1.807) is 24.9 Å². The number of hydrogen-bond acceptors (Lipinski definition) is 3. The van der Waals surface area contributed by atoms with Crippen molar-refractivity contribution < 1.29 is 4.42 Å². The third kappa shape index (κ3) is 2.66. The maximum atomic E-state index is 4.47. The number of aromatic amines is 1. The summed E-state index contributed by atoms with van der Waals surface area (Å²) in [5.41, 5.74) is 0. The number of H-pyrrole nitrogens is 1. The van der Waals surface area contributed by atoms with E-state index in [1.165, 1.54) is 12.7 Å². The molecule has 10 heavy (non-hydrogen) atoms. The molecule has 4 heteroatoms. The van der Waals surface area contributed by atoms with Crippen LogP contribution < -0.4 is 0 Å². The molecule has 0 radical (unpaired) electrons. The first-order valence-corrected chi connectivity index (χ1v) is 2.75. The zero-order valence-corrected chi connectivity index (χ0v) is 5.27. The fraction of sp³-hybridized carbons (Fsp3) is 0. The molecular formula is C6H7N3O. The zero-order valence-electron chi connectivity index (χ0n) is 5.27. The first-order chi connectivity index (χ1) is 5.00. The summed E-state index contributed by atoms with van der Waals surface area (Å²) < 4.78 is 4.47. The van der Waals surface area contributed by atoms with Gasteiger partial charge >= 0.3 is 0 Å². The van der Waals surface area contributed by atoms with Crippen LogP contribution in [-0.2, 0) is 0 Å². The Labute approximate surface area is 57.9 Å². The van der Waals surface area contributed by atoms with Crippen LogP contribution in [0.1, 0.15) is 0 Å². The van der Waals surface area contributed by atoms with Gasteiger partial charge in [0, 0.05) is 12.4 Å². The third-order valence-corrected chi connectivity index (χ3v) is 0.753. The van der Waals surface area contributed by atoms with Gasteiger partial charge in [0.15, 0.2) is 6.39 Å². The normalized spacial score (nSPS) is 8.00. The standard InChI is InChI=1S/C3H4N2.C3H3NO/c2*1-2-5-3-4-1/h1-3H,(H,4,5);1-3H. The summed E-state index contributed by atoms with van der Waals surface area (Å²) in [6, 6.07) is 0. The highest BCUT2D eigenvalue weighted by atomic mass is 16.3. The summed E-state index contributed by atoms with van der Waals surface area (Å²) in [5.74, 6) is 0. The van der Waals surface area contributed by atoms with Gasteiger partial charge in [0.05, 0.1) is 12.5 Å². The van der Waals surface area contributed by atoms with E-state index in [4.69, 9.17) is 0 Å². The van der Waals surface area contributed by atoms with Crippen LogP contribution in [0.3, 0.4) is 0 Å². The van der Waals surface area contributed by atoms with E-state index in [2.05, 4.69) is 19.4 Å². The highest BCUT2D eigenvalue weighted by Gasteiger charge is 1.59. The number of nitrogens with zero attached hydrogens (tertiary/aromatic N) is 2. The average molecular weight is 137 g/mol. The number of imidazole rings is 1. The lowest BCUT2D eigenvalue weighted by Crippen LogP contribution is -1.44. The number of oxazole rings is 1. The summed E-state index contributed by atoms with van der Waals surface area (Å²) in [6.45, 7) is 0. The van der Waals surface area contributed by atoms with Crippen molar-refractivity contribution in [2.75, 3.05) is 0 Å². The van der Waals surface area contributed by atoms with E-state index in [0.29, 0.717) is 0 Å². The summed E-state index contributed by atoms with van der Waals surface area (Å²) in [7, 11) is 0. The molecule has 0 fully saturated rings. The van der Waals surface area contributed by atoms with E-state index in [-0.39, 0.29) is 0 Å². The smallest absolute Gasteiger partial charge is 0.180 e. The van der Waals surface area contributed by atoms with Gasteiger partial charge in [0.25, 0.3) is 0 Å². The molecule has 0 unspecified atom stereocenters. The number of aromatic nitrogens is 3. The number of nitrogens with one attached hydrogen (secondary N) is 1. The van der Waals surface area contributed by atoms with Gasteiger partial charge in [0.1, 0.15) is 6.26 Å². The molecule has 1 N–H and O–H groups in total. The fourth-order valence-electron chi connectivity index (χ4n) is 0.391. The molecule has 4 nitrogen and oxygen atoms in total. The molecule has 0 aliphatic heterocycles. The van der Waals surface area contributed by atoms with Gasteiger partial charge in [-0.15, -0.1) is 0 Å². The van der Waals surface area contributed by atoms with Gasteiger partial charge in [0.2, 0.25) is 0 Å². The monoisotopic (exact) mass is 137 g/mol. The van der Waals surface area contributed by atoms with Gasteiger partial charge in [-0.1, -0.05) is 0 Å². The van der Waals surface area contributed by atoms with E-state index in [1.807, 2.05) is 0 Å². The van der Waals surface area contributed by atoms with Crippen LogP contribution in [0.15, 0.2) is 42.0 Å². The lowest BCUT2D eigenvalue weighted by molar-refractivity contribution is 0.558.